The van der Waals surface area contributed by atoms with Crippen LogP contribution in [0, 0.1) is 0 Å². The van der Waals surface area contributed by atoms with Crippen LogP contribution in [0.3, 0.4) is 0 Å². The fourth-order valence-corrected chi connectivity index (χ4v) is 0.978. The van der Waals surface area contributed by atoms with Gasteiger partial charge < -0.3 is 11.5 Å². The van der Waals surface area contributed by atoms with Gasteiger partial charge in [-0.3, -0.25) is 0 Å². The van der Waals surface area contributed by atoms with Gasteiger partial charge in [-0.2, -0.15) is 0 Å². The normalized spacial score (nSPS) is 8.90. The maximum atomic E-state index is 5.29. The van der Waals surface area contributed by atoms with Crippen LogP contribution in [0.4, 0.5) is 0 Å². The van der Waals surface area contributed by atoms with Crippen LogP contribution in [0.5, 0.6) is 0 Å². The third kappa shape index (κ3) is 11.1. The van der Waals surface area contributed by atoms with Gasteiger partial charge in [0.2, 0.25) is 0 Å². The summed E-state index contributed by atoms with van der Waals surface area (Å²) in [5.41, 5.74) is 11.7. The Morgan fingerprint density at radius 1 is 1.50 bits per heavy atom. The first-order valence-corrected chi connectivity index (χ1v) is 3.94. The van der Waals surface area contributed by atoms with E-state index in [0.29, 0.717) is 0 Å². The molecule has 0 aromatic carbocycles. The first-order chi connectivity index (χ1) is 4.13. The molecule has 0 aromatic heterocycles. The van der Waals surface area contributed by atoms with Gasteiger partial charge in [0.25, 0.3) is 0 Å². The first-order valence-electron chi connectivity index (χ1n) is 2.89. The molecule has 0 amide bonds. The van der Waals surface area contributed by atoms with E-state index in [1.165, 1.54) is 17.3 Å². The summed E-state index contributed by atoms with van der Waals surface area (Å²) >= 11 is 1.54. The molecule has 0 heterocycles. The fourth-order valence-electron chi connectivity index (χ4n) is 0.326. The summed E-state index contributed by atoms with van der Waals surface area (Å²) in [6.07, 6.45) is 2.11. The molecule has 0 saturated carbocycles. The Hall–Kier alpha value is 0.300. The molecule has 0 atom stereocenters. The van der Waals surface area contributed by atoms with Crippen molar-refractivity contribution in [2.45, 2.75) is 19.3 Å². The van der Waals surface area contributed by atoms with Gasteiger partial charge in [-0.1, -0.05) is 11.6 Å². The van der Waals surface area contributed by atoms with Crippen LogP contribution in [0.1, 0.15) is 13.8 Å². The molecule has 10 heavy (non-hydrogen) atoms. The van der Waals surface area contributed by atoms with E-state index in [4.69, 9.17) is 11.5 Å². The van der Waals surface area contributed by atoms with Gasteiger partial charge in [-0.25, -0.2) is 0 Å². The third-order valence-electron chi connectivity index (χ3n) is 0.780. The van der Waals surface area contributed by atoms with Crippen LogP contribution in [0.2, 0.25) is 0 Å². The average molecular weight is 183 g/mol. The van der Waals surface area contributed by atoms with Crippen molar-refractivity contribution in [2.75, 3.05) is 5.75 Å². The second-order valence-electron chi connectivity index (χ2n) is 2.08. The highest BCUT2D eigenvalue weighted by molar-refractivity contribution is 7.99. The van der Waals surface area contributed by atoms with Gasteiger partial charge in [-0.15, -0.1) is 24.2 Å². The molecule has 0 aliphatic carbocycles. The number of hydrogen-bond acceptors (Lipinski definition) is 3. The van der Waals surface area contributed by atoms with E-state index in [-0.39, 0.29) is 17.9 Å². The zero-order chi connectivity index (χ0) is 7.28. The lowest BCUT2D eigenvalue weighted by Crippen LogP contribution is -2.26. The minimum absolute atomic E-state index is 0. The van der Waals surface area contributed by atoms with Gasteiger partial charge in [0.15, 0.2) is 0 Å². The lowest BCUT2D eigenvalue weighted by atomic mass is 10.3. The van der Waals surface area contributed by atoms with E-state index in [1.807, 2.05) is 0 Å². The topological polar surface area (TPSA) is 52.0 Å². The van der Waals surface area contributed by atoms with E-state index in [9.17, 15) is 0 Å². The van der Waals surface area contributed by atoms with Crippen molar-refractivity contribution < 1.29 is 0 Å². The van der Waals surface area contributed by atoms with Crippen molar-refractivity contribution >= 4 is 24.2 Å². The third-order valence-corrected chi connectivity index (χ3v) is 1.52. The van der Waals surface area contributed by atoms with Crippen LogP contribution >= 0.6 is 24.2 Å². The number of halogens is 1. The fraction of sp³-hybridized carbons (Fsp3) is 0.667. The highest BCUT2D eigenvalue weighted by Gasteiger charge is 1.89. The standard InChI is InChI=1S/C6H14N2S.ClH/c1-5(2)3-4-9-6(7)8;/h3,6H,4,7-8H2,1-2H3;1H. The van der Waals surface area contributed by atoms with Crippen molar-refractivity contribution in [3.05, 3.63) is 11.6 Å². The average Bonchev–Trinajstić information content (AvgIpc) is 1.63. The van der Waals surface area contributed by atoms with E-state index in [0.717, 1.165) is 5.75 Å². The summed E-state index contributed by atoms with van der Waals surface area (Å²) < 4.78 is 0. The second kappa shape index (κ2) is 7.41. The SMILES string of the molecule is CC(C)=CCSC(N)N.Cl. The Morgan fingerprint density at radius 3 is 2.30 bits per heavy atom. The number of nitrogens with two attached hydrogens (primary N) is 2. The molecule has 0 radical (unpaired) electrons. The van der Waals surface area contributed by atoms with Crippen LogP contribution in [0.25, 0.3) is 0 Å². The van der Waals surface area contributed by atoms with Crippen molar-refractivity contribution in [3.8, 4) is 0 Å². The van der Waals surface area contributed by atoms with E-state index >= 15 is 0 Å². The molecule has 0 aromatic rings. The monoisotopic (exact) mass is 182 g/mol. The predicted molar refractivity (Wildman–Crippen MR) is 51.3 cm³/mol. The van der Waals surface area contributed by atoms with Crippen LogP contribution < -0.4 is 11.5 Å². The quantitative estimate of drug-likeness (QED) is 0.511. The Balaban J connectivity index is 0. The molecule has 0 rings (SSSR count). The van der Waals surface area contributed by atoms with Crippen molar-refractivity contribution in [3.63, 3.8) is 0 Å². The van der Waals surface area contributed by atoms with Gasteiger partial charge in [0.05, 0.1) is 0 Å². The maximum Gasteiger partial charge on any atom is 0.101 e. The van der Waals surface area contributed by atoms with E-state index in [1.54, 1.807) is 0 Å². The van der Waals surface area contributed by atoms with Gasteiger partial charge in [0.1, 0.15) is 5.50 Å². The molecule has 0 aliphatic heterocycles. The zero-order valence-corrected chi connectivity index (χ0v) is 7.97. The molecular formula is C6H15ClN2S. The second-order valence-corrected chi connectivity index (χ2v) is 3.29. The van der Waals surface area contributed by atoms with Crippen LogP contribution in [-0.2, 0) is 0 Å². The maximum absolute atomic E-state index is 5.29. The summed E-state index contributed by atoms with van der Waals surface area (Å²) in [6.45, 7) is 4.12. The summed E-state index contributed by atoms with van der Waals surface area (Å²) in [4.78, 5) is 0. The molecule has 0 unspecified atom stereocenters. The number of thioether (sulfide) groups is 1. The highest BCUT2D eigenvalue weighted by Crippen LogP contribution is 2.01. The molecule has 0 fully saturated rings. The first kappa shape index (κ1) is 12.9. The molecular weight excluding hydrogens is 168 g/mol. The Labute approximate surface area is 72.8 Å². The van der Waals surface area contributed by atoms with E-state index < -0.39 is 0 Å². The zero-order valence-electron chi connectivity index (χ0n) is 6.33. The summed E-state index contributed by atoms with van der Waals surface area (Å²) in [5, 5.41) is 0. The van der Waals surface area contributed by atoms with Gasteiger partial charge in [0, 0.05) is 5.75 Å². The number of hydrogen-bond donors (Lipinski definition) is 2. The lowest BCUT2D eigenvalue weighted by molar-refractivity contribution is 0.989. The number of rotatable bonds is 3. The summed E-state index contributed by atoms with van der Waals surface area (Å²) in [7, 11) is 0. The largest absolute Gasteiger partial charge is 0.307 e. The van der Waals surface area contributed by atoms with Gasteiger partial charge in [-0.05, 0) is 13.8 Å². The molecule has 2 nitrogen and oxygen atoms in total. The Bertz CT molecular complexity index is 99.9. The van der Waals surface area contributed by atoms with Gasteiger partial charge >= 0.3 is 0 Å². The highest BCUT2D eigenvalue weighted by atomic mass is 35.5. The molecule has 0 saturated heterocycles. The molecule has 4 heteroatoms. The Morgan fingerprint density at radius 2 is 2.00 bits per heavy atom. The van der Waals surface area contributed by atoms with Crippen molar-refractivity contribution in [1.29, 1.82) is 0 Å². The molecule has 4 N–H and O–H groups in total. The summed E-state index contributed by atoms with van der Waals surface area (Å²) in [6, 6.07) is 0. The van der Waals surface area contributed by atoms with E-state index in [2.05, 4.69) is 19.9 Å². The smallest absolute Gasteiger partial charge is 0.101 e. The molecule has 0 bridgehead atoms. The van der Waals surface area contributed by atoms with Crippen LogP contribution in [-0.4, -0.2) is 11.3 Å². The van der Waals surface area contributed by atoms with Crippen LogP contribution in [0.15, 0.2) is 11.6 Å². The molecule has 0 aliphatic rings. The Kier molecular flexibility index (Phi) is 9.58. The number of allylic oxidation sites excluding steroid dienone is 1. The lowest BCUT2D eigenvalue weighted by Gasteiger charge is -2.00. The van der Waals surface area contributed by atoms with Crippen molar-refractivity contribution in [2.24, 2.45) is 11.5 Å². The molecule has 0 spiro atoms. The van der Waals surface area contributed by atoms with Crippen molar-refractivity contribution in [1.82, 2.24) is 0 Å². The predicted octanol–water partition coefficient (Wildman–Crippen LogP) is 1.31. The minimum Gasteiger partial charge on any atom is -0.307 e. The molecule has 62 valence electrons. The summed E-state index contributed by atoms with van der Waals surface area (Å²) in [5.74, 6) is 0.917. The minimum atomic E-state index is -0.236.